The Morgan fingerprint density at radius 1 is 0.750 bits per heavy atom. The first-order valence-corrected chi connectivity index (χ1v) is 7.99. The van der Waals surface area contributed by atoms with Crippen LogP contribution in [-0.4, -0.2) is 8.13 Å². The molecule has 1 aromatic carbocycles. The minimum atomic E-state index is -2.11. The second-order valence-corrected chi connectivity index (χ2v) is 9.67. The third-order valence-corrected chi connectivity index (χ3v) is 6.65. The standard InChI is InChI=1S/C12H10Cl7O/c1-9(2,20)7-3-5-8(6-4-7)10(13,14)11(15,16)12(17,18)19/h3-6H,1-2H3. The number of hydrogen-bond donors (Lipinski definition) is 0. The lowest BCUT2D eigenvalue weighted by atomic mass is 9.96. The van der Waals surface area contributed by atoms with E-state index < -0.39 is 18.1 Å². The molecular weight excluding hydrogens is 408 g/mol. The van der Waals surface area contributed by atoms with Gasteiger partial charge in [-0.05, 0) is 25.0 Å². The molecule has 0 heterocycles. The fourth-order valence-corrected chi connectivity index (χ4v) is 2.91. The van der Waals surface area contributed by atoms with Gasteiger partial charge in [-0.1, -0.05) is 105 Å². The van der Waals surface area contributed by atoms with Crippen LogP contribution in [-0.2, 0) is 15.0 Å². The van der Waals surface area contributed by atoms with Crippen LogP contribution in [0.15, 0.2) is 24.3 Å². The van der Waals surface area contributed by atoms with E-state index in [-0.39, 0.29) is 0 Å². The molecule has 1 nitrogen and oxygen atoms in total. The summed E-state index contributed by atoms with van der Waals surface area (Å²) in [4.78, 5) is 0. The van der Waals surface area contributed by atoms with E-state index in [9.17, 15) is 5.11 Å². The van der Waals surface area contributed by atoms with Crippen molar-refractivity contribution in [3.8, 4) is 0 Å². The molecule has 20 heavy (non-hydrogen) atoms. The van der Waals surface area contributed by atoms with Crippen molar-refractivity contribution < 1.29 is 5.11 Å². The average molecular weight is 418 g/mol. The SMILES string of the molecule is CC(C)([O])c1ccc(C(Cl)(Cl)C(Cl)(Cl)C(Cl)(Cl)Cl)cc1. The van der Waals surface area contributed by atoms with Crippen LogP contribution in [0.4, 0.5) is 0 Å². The van der Waals surface area contributed by atoms with Crippen molar-refractivity contribution >= 4 is 81.2 Å². The van der Waals surface area contributed by atoms with Crippen LogP contribution in [0.5, 0.6) is 0 Å². The fourth-order valence-electron chi connectivity index (χ4n) is 1.44. The van der Waals surface area contributed by atoms with Gasteiger partial charge in [-0.3, -0.25) is 0 Å². The fraction of sp³-hybridized carbons (Fsp3) is 0.500. The number of halogens is 7. The first-order valence-electron chi connectivity index (χ1n) is 5.35. The molecule has 0 bridgehead atoms. The Hall–Kier alpha value is 1.21. The maximum absolute atomic E-state index is 11.8. The summed E-state index contributed by atoms with van der Waals surface area (Å²) < 4.78 is -6.09. The summed E-state index contributed by atoms with van der Waals surface area (Å²) in [7, 11) is 0. The van der Waals surface area contributed by atoms with E-state index >= 15 is 0 Å². The minimum absolute atomic E-state index is 0.310. The van der Waals surface area contributed by atoms with Crippen molar-refractivity contribution in [3.63, 3.8) is 0 Å². The summed E-state index contributed by atoms with van der Waals surface area (Å²) in [5.41, 5.74) is -0.396. The van der Waals surface area contributed by atoms with Crippen LogP contribution in [0, 0.1) is 0 Å². The molecule has 8 heteroatoms. The number of rotatable bonds is 3. The van der Waals surface area contributed by atoms with E-state index in [0.717, 1.165) is 0 Å². The smallest absolute Gasteiger partial charge is 0.225 e. The second-order valence-electron chi connectivity index (χ2n) is 4.73. The molecule has 1 radical (unpaired) electrons. The molecule has 1 aromatic rings. The molecule has 1 rings (SSSR count). The summed E-state index contributed by atoms with van der Waals surface area (Å²) in [5.74, 6) is 0. The highest BCUT2D eigenvalue weighted by molar-refractivity contribution is 6.78. The van der Waals surface area contributed by atoms with E-state index in [2.05, 4.69) is 0 Å². The number of alkyl halides is 7. The second kappa shape index (κ2) is 6.02. The maximum Gasteiger partial charge on any atom is 0.226 e. The summed E-state index contributed by atoms with van der Waals surface area (Å²) >= 11 is 41.5. The summed E-state index contributed by atoms with van der Waals surface area (Å²) in [6.45, 7) is 3.07. The van der Waals surface area contributed by atoms with Crippen molar-refractivity contribution in [1.82, 2.24) is 0 Å². The van der Waals surface area contributed by atoms with Crippen LogP contribution >= 0.6 is 81.2 Å². The first-order chi connectivity index (χ1) is 8.71. The molecule has 0 saturated heterocycles. The van der Waals surface area contributed by atoms with Crippen molar-refractivity contribution in [2.24, 2.45) is 0 Å². The van der Waals surface area contributed by atoms with E-state index in [1.165, 1.54) is 26.0 Å². The molecule has 0 fully saturated rings. The highest BCUT2D eigenvalue weighted by Crippen LogP contribution is 2.60. The van der Waals surface area contributed by atoms with Crippen molar-refractivity contribution in [2.45, 2.75) is 31.9 Å². The van der Waals surface area contributed by atoms with Gasteiger partial charge in [0.15, 0.2) is 4.33 Å². The van der Waals surface area contributed by atoms with Gasteiger partial charge in [0.2, 0.25) is 8.13 Å². The van der Waals surface area contributed by atoms with Gasteiger partial charge < -0.3 is 0 Å². The highest BCUT2D eigenvalue weighted by atomic mass is 35.6. The van der Waals surface area contributed by atoms with Crippen LogP contribution in [0.2, 0.25) is 0 Å². The van der Waals surface area contributed by atoms with Gasteiger partial charge in [-0.15, -0.1) is 0 Å². The van der Waals surface area contributed by atoms with Gasteiger partial charge in [0.05, 0.1) is 0 Å². The predicted octanol–water partition coefficient (Wildman–Crippen LogP) is 6.53. The highest BCUT2D eigenvalue weighted by Gasteiger charge is 2.60. The normalized spacial score (nSPS) is 14.5. The first kappa shape index (κ1) is 19.3. The molecule has 0 aliphatic rings. The Morgan fingerprint density at radius 3 is 1.40 bits per heavy atom. The third kappa shape index (κ3) is 3.75. The maximum atomic E-state index is 11.8. The van der Waals surface area contributed by atoms with Crippen LogP contribution < -0.4 is 0 Å². The van der Waals surface area contributed by atoms with Gasteiger partial charge in [-0.2, -0.15) is 0 Å². The van der Waals surface area contributed by atoms with E-state index in [0.29, 0.717) is 11.1 Å². The van der Waals surface area contributed by atoms with Gasteiger partial charge in [0, 0.05) is 0 Å². The van der Waals surface area contributed by atoms with Crippen molar-refractivity contribution in [2.75, 3.05) is 0 Å². The molecule has 0 saturated carbocycles. The van der Waals surface area contributed by atoms with E-state index in [4.69, 9.17) is 81.2 Å². The lowest BCUT2D eigenvalue weighted by molar-refractivity contribution is -0.000114. The predicted molar refractivity (Wildman–Crippen MR) is 88.3 cm³/mol. The topological polar surface area (TPSA) is 19.9 Å². The quantitative estimate of drug-likeness (QED) is 0.498. The molecule has 0 aliphatic carbocycles. The zero-order valence-corrected chi connectivity index (χ0v) is 15.7. The Balaban J connectivity index is 3.24. The van der Waals surface area contributed by atoms with Gasteiger partial charge in [-0.25, -0.2) is 5.11 Å². The Labute approximate surface area is 153 Å². The molecule has 0 aliphatic heterocycles. The number of hydrogen-bond acceptors (Lipinski definition) is 0. The Morgan fingerprint density at radius 2 is 1.10 bits per heavy atom. The van der Waals surface area contributed by atoms with Crippen molar-refractivity contribution in [3.05, 3.63) is 35.4 Å². The monoisotopic (exact) mass is 415 g/mol. The molecule has 0 atom stereocenters. The summed E-state index contributed by atoms with van der Waals surface area (Å²) in [6, 6.07) is 6.18. The minimum Gasteiger partial charge on any atom is -0.225 e. The molecule has 0 N–H and O–H groups in total. The van der Waals surface area contributed by atoms with Gasteiger partial charge in [0.1, 0.15) is 5.60 Å². The Bertz CT molecular complexity index is 468. The van der Waals surface area contributed by atoms with Crippen LogP contribution in [0.25, 0.3) is 0 Å². The lowest BCUT2D eigenvalue weighted by Crippen LogP contribution is -2.45. The molecule has 0 amide bonds. The van der Waals surface area contributed by atoms with Crippen LogP contribution in [0.1, 0.15) is 25.0 Å². The largest absolute Gasteiger partial charge is 0.226 e. The van der Waals surface area contributed by atoms with Gasteiger partial charge >= 0.3 is 0 Å². The number of benzene rings is 1. The van der Waals surface area contributed by atoms with Crippen molar-refractivity contribution in [1.29, 1.82) is 0 Å². The molecular formula is C12H10Cl7O. The molecule has 113 valence electrons. The zero-order valence-electron chi connectivity index (χ0n) is 10.4. The van der Waals surface area contributed by atoms with Gasteiger partial charge in [0.25, 0.3) is 0 Å². The summed E-state index contributed by atoms with van der Waals surface area (Å²) in [5, 5.41) is 11.8. The zero-order chi connectivity index (χ0) is 16.0. The molecule has 0 spiro atoms. The summed E-state index contributed by atoms with van der Waals surface area (Å²) in [6.07, 6.45) is 0. The van der Waals surface area contributed by atoms with Crippen LogP contribution in [0.3, 0.4) is 0 Å². The third-order valence-electron chi connectivity index (χ3n) is 2.69. The molecule has 0 aromatic heterocycles. The lowest BCUT2D eigenvalue weighted by Gasteiger charge is -2.38. The van der Waals surface area contributed by atoms with E-state index in [1.54, 1.807) is 12.1 Å². The Kier molecular flexibility index (Phi) is 5.79. The molecule has 0 unspecified atom stereocenters. The average Bonchev–Trinajstić information content (AvgIpc) is 2.26. The van der Waals surface area contributed by atoms with E-state index in [1.807, 2.05) is 0 Å².